The van der Waals surface area contributed by atoms with Crippen molar-refractivity contribution in [2.45, 2.75) is 263 Å². The minimum atomic E-state index is 0.500. The Kier molecular flexibility index (Phi) is 110. The average Bonchev–Trinajstić information content (AvgIpc) is 3.05. The van der Waals surface area contributed by atoms with Crippen LogP contribution in [0.1, 0.15) is 263 Å². The lowest BCUT2D eigenvalue weighted by Gasteiger charge is -2.05. The van der Waals surface area contributed by atoms with Gasteiger partial charge in [0.15, 0.2) is 0 Å². The summed E-state index contributed by atoms with van der Waals surface area (Å²) in [4.78, 5) is 0. The molecule has 0 aliphatic heterocycles. The molecule has 0 aliphatic carbocycles. The third-order valence-electron chi connectivity index (χ3n) is 1.33. The van der Waals surface area contributed by atoms with Gasteiger partial charge in [0.05, 0.1) is 0 Å². The molecular weight excluding hydrogens is 673 g/mol. The molecule has 0 saturated carbocycles. The number of hydrogen-bond donors (Lipinski definition) is 0. The third-order valence-corrected chi connectivity index (χ3v) is 1.33. The predicted octanol–water partition coefficient (Wildman–Crippen LogP) is 22.9. The van der Waals surface area contributed by atoms with E-state index in [0.717, 1.165) is 0 Å². The van der Waals surface area contributed by atoms with E-state index >= 15 is 0 Å². The van der Waals surface area contributed by atoms with Crippen molar-refractivity contribution in [1.29, 1.82) is 0 Å². The highest BCUT2D eigenvalue weighted by atomic mass is 14.0. The van der Waals surface area contributed by atoms with Gasteiger partial charge < -0.3 is 0 Å². The third kappa shape index (κ3) is 1270. The summed E-state index contributed by atoms with van der Waals surface area (Å²) in [5.74, 6) is 0. The minimum absolute atomic E-state index is 0.500. The topological polar surface area (TPSA) is 0 Å². The summed E-state index contributed by atoms with van der Waals surface area (Å²) in [6.45, 7) is 80.5. The fourth-order valence-corrected chi connectivity index (χ4v) is 0.770. The highest BCUT2D eigenvalue weighted by molar-refractivity contribution is 4.99. The lowest BCUT2D eigenvalue weighted by atomic mass is 10.0. The summed E-state index contributed by atoms with van der Waals surface area (Å²) in [5.41, 5.74) is 3.00. The lowest BCUT2D eigenvalue weighted by Crippen LogP contribution is -1.93. The Labute approximate surface area is 367 Å². The molecule has 0 heterocycles. The van der Waals surface area contributed by atoms with Crippen molar-refractivity contribution < 1.29 is 0 Å². The van der Waals surface area contributed by atoms with Crippen LogP contribution in [-0.2, 0) is 0 Å². The van der Waals surface area contributed by atoms with Crippen LogP contribution in [0.2, 0.25) is 0 Å². The molecule has 56 heavy (non-hydrogen) atoms. The maximum absolute atomic E-state index is 2.19. The summed E-state index contributed by atoms with van der Waals surface area (Å²) in [6, 6.07) is 24.0. The van der Waals surface area contributed by atoms with Gasteiger partial charge in [-0.3, -0.25) is 0 Å². The van der Waals surface area contributed by atoms with Gasteiger partial charge in [0.2, 0.25) is 0 Å². The molecule has 2 aromatic rings. The summed E-state index contributed by atoms with van der Waals surface area (Å²) in [5, 5.41) is 0. The van der Waals surface area contributed by atoms with Gasteiger partial charge >= 0.3 is 0 Å². The van der Waals surface area contributed by atoms with Crippen molar-refractivity contribution in [3.8, 4) is 0 Å². The molecule has 350 valence electrons. The van der Waals surface area contributed by atoms with E-state index in [2.05, 4.69) is 166 Å². The Balaban J connectivity index is -0.0000000328. The van der Waals surface area contributed by atoms with Crippen molar-refractivity contribution in [3.63, 3.8) is 0 Å². The van der Waals surface area contributed by atoms with E-state index in [0.29, 0.717) is 32.5 Å². The molecule has 0 unspecified atom stereocenters. The standard InChI is InChI=1S/2C6H6.6C5H12.7C2H6/c2*1-2-4-6-5-3-1;6*1-5(2,3)4;7*1-2/h2*1-6H;6*1-4H3;7*1-2H3. The Morgan fingerprint density at radius 2 is 0.143 bits per heavy atom. The van der Waals surface area contributed by atoms with Crippen LogP contribution in [0.4, 0.5) is 0 Å². The fourth-order valence-electron chi connectivity index (χ4n) is 0.770. The summed E-state index contributed by atoms with van der Waals surface area (Å²) in [6.07, 6.45) is 0. The number of hydrogen-bond acceptors (Lipinski definition) is 0. The molecule has 0 heteroatoms. The smallest absolute Gasteiger partial charge is 0.0411 e. The van der Waals surface area contributed by atoms with E-state index in [4.69, 9.17) is 0 Å². The molecule has 0 fully saturated rings. The van der Waals surface area contributed by atoms with Crippen LogP contribution in [0.3, 0.4) is 0 Å². The first-order valence-electron chi connectivity index (χ1n) is 23.0. The summed E-state index contributed by atoms with van der Waals surface area (Å²) >= 11 is 0. The fraction of sp³-hybridized carbons (Fsp3) is 0.786. The Morgan fingerprint density at radius 3 is 0.161 bits per heavy atom. The highest BCUT2D eigenvalue weighted by Gasteiger charge is 1.97. The maximum atomic E-state index is 2.19. The average molecular weight is 800 g/mol. The van der Waals surface area contributed by atoms with Crippen LogP contribution < -0.4 is 0 Å². The Bertz CT molecular complexity index is 496. The molecule has 0 aromatic heterocycles. The molecule has 0 saturated heterocycles. The van der Waals surface area contributed by atoms with Crippen molar-refractivity contribution in [2.75, 3.05) is 0 Å². The van der Waals surface area contributed by atoms with Crippen LogP contribution >= 0.6 is 0 Å². The molecule has 2 aromatic carbocycles. The van der Waals surface area contributed by atoms with Crippen LogP contribution in [0.5, 0.6) is 0 Å². The van der Waals surface area contributed by atoms with Crippen LogP contribution in [0.25, 0.3) is 0 Å². The predicted molar refractivity (Wildman–Crippen MR) is 283 cm³/mol. The van der Waals surface area contributed by atoms with Gasteiger partial charge in [-0.25, -0.2) is 0 Å². The van der Waals surface area contributed by atoms with Crippen molar-refractivity contribution in [3.05, 3.63) is 72.8 Å². The van der Waals surface area contributed by atoms with Crippen LogP contribution in [-0.4, -0.2) is 0 Å². The second-order valence-electron chi connectivity index (χ2n) is 20.3. The van der Waals surface area contributed by atoms with Gasteiger partial charge in [0, 0.05) is 0 Å². The quantitative estimate of drug-likeness (QED) is 0.249. The van der Waals surface area contributed by atoms with E-state index in [1.807, 2.05) is 170 Å². The molecule has 0 radical (unpaired) electrons. The van der Waals surface area contributed by atoms with E-state index in [9.17, 15) is 0 Å². The van der Waals surface area contributed by atoms with Crippen LogP contribution in [0.15, 0.2) is 72.8 Å². The van der Waals surface area contributed by atoms with E-state index in [1.54, 1.807) is 0 Å². The van der Waals surface area contributed by atoms with Gasteiger partial charge in [-0.05, 0) is 32.5 Å². The van der Waals surface area contributed by atoms with Gasteiger partial charge in [-0.15, -0.1) is 0 Å². The number of benzene rings is 2. The molecule has 0 aliphatic rings. The van der Waals surface area contributed by atoms with E-state index in [-0.39, 0.29) is 0 Å². The zero-order valence-electron chi connectivity index (χ0n) is 47.9. The Morgan fingerprint density at radius 1 is 0.125 bits per heavy atom. The van der Waals surface area contributed by atoms with Gasteiger partial charge in [-0.2, -0.15) is 0 Å². The first kappa shape index (κ1) is 90.5. The molecule has 0 amide bonds. The van der Waals surface area contributed by atoms with Crippen molar-refractivity contribution in [1.82, 2.24) is 0 Å². The SMILES string of the molecule is CC.CC.CC.CC.CC.CC.CC.CC(C)(C)C.CC(C)(C)C.CC(C)(C)C.CC(C)(C)C.CC(C)(C)C.CC(C)(C)C.c1ccccc1.c1ccccc1. The largest absolute Gasteiger partial charge is 0.0683 e. The summed E-state index contributed by atoms with van der Waals surface area (Å²) in [7, 11) is 0. The first-order chi connectivity index (χ1) is 25.0. The van der Waals surface area contributed by atoms with Gasteiger partial charge in [0.1, 0.15) is 0 Å². The van der Waals surface area contributed by atoms with E-state index < -0.39 is 0 Å². The maximum Gasteiger partial charge on any atom is -0.0411 e. The zero-order chi connectivity index (χ0) is 49.5. The van der Waals surface area contributed by atoms with Crippen LogP contribution in [0, 0.1) is 32.5 Å². The van der Waals surface area contributed by atoms with Gasteiger partial charge in [-0.1, -0.05) is 336 Å². The molecule has 0 spiro atoms. The molecule has 0 atom stereocenters. The zero-order valence-corrected chi connectivity index (χ0v) is 47.9. The monoisotopic (exact) mass is 799 g/mol. The normalized spacial score (nSPS) is 8.89. The molecule has 0 bridgehead atoms. The first-order valence-corrected chi connectivity index (χ1v) is 23.0. The molecule has 0 nitrogen and oxygen atoms in total. The number of rotatable bonds is 0. The second-order valence-corrected chi connectivity index (χ2v) is 20.3. The Hall–Kier alpha value is -1.56. The van der Waals surface area contributed by atoms with Crippen molar-refractivity contribution in [2.24, 2.45) is 32.5 Å². The summed E-state index contributed by atoms with van der Waals surface area (Å²) < 4.78 is 0. The molecule has 2 rings (SSSR count). The highest BCUT2D eigenvalue weighted by Crippen LogP contribution is 2.10. The lowest BCUT2D eigenvalue weighted by molar-refractivity contribution is 0.469. The van der Waals surface area contributed by atoms with E-state index in [1.165, 1.54) is 0 Å². The molecule has 0 N–H and O–H groups in total. The second kappa shape index (κ2) is 68.1. The van der Waals surface area contributed by atoms with Gasteiger partial charge in [0.25, 0.3) is 0 Å². The minimum Gasteiger partial charge on any atom is -0.0683 e. The van der Waals surface area contributed by atoms with Crippen molar-refractivity contribution >= 4 is 0 Å². The molecular formula is C56H126.